The molecule has 0 aromatic heterocycles. The Morgan fingerprint density at radius 2 is 1.95 bits per heavy atom. The van der Waals surface area contributed by atoms with Gasteiger partial charge in [0, 0.05) is 18.5 Å². The van der Waals surface area contributed by atoms with Gasteiger partial charge in [0.15, 0.2) is 0 Å². The van der Waals surface area contributed by atoms with E-state index in [1.165, 1.54) is 12.8 Å². The van der Waals surface area contributed by atoms with E-state index in [0.717, 1.165) is 43.7 Å². The predicted octanol–water partition coefficient (Wildman–Crippen LogP) is 3.42. The Morgan fingerprint density at radius 1 is 1.21 bits per heavy atom. The van der Waals surface area contributed by atoms with E-state index in [-0.39, 0.29) is 5.41 Å². The van der Waals surface area contributed by atoms with Crippen LogP contribution in [0.1, 0.15) is 39.0 Å². The summed E-state index contributed by atoms with van der Waals surface area (Å²) in [6, 6.07) is 8.17. The van der Waals surface area contributed by atoms with Crippen molar-refractivity contribution in [3.63, 3.8) is 0 Å². The number of carbonyl (C=O) groups excluding carboxylic acids is 1. The van der Waals surface area contributed by atoms with Crippen LogP contribution in [0.15, 0.2) is 24.3 Å². The molecule has 0 radical (unpaired) electrons. The molecule has 0 spiro atoms. The van der Waals surface area contributed by atoms with Crippen LogP contribution in [0.5, 0.6) is 0 Å². The predicted molar refractivity (Wildman–Crippen MR) is 78.5 cm³/mol. The molecule has 3 heteroatoms. The van der Waals surface area contributed by atoms with Gasteiger partial charge in [-0.3, -0.25) is 4.79 Å². The normalized spacial score (nSPS) is 21.4. The quantitative estimate of drug-likeness (QED) is 0.837. The molecule has 19 heavy (non-hydrogen) atoms. The molecular formula is C16H22N2O. The number of para-hydroxylation sites is 2. The topological polar surface area (TPSA) is 32.3 Å². The Kier molecular flexibility index (Phi) is 3.21. The molecule has 1 aliphatic carbocycles. The molecule has 3 nitrogen and oxygen atoms in total. The van der Waals surface area contributed by atoms with Gasteiger partial charge in [0.25, 0.3) is 0 Å². The second-order valence-corrected chi connectivity index (χ2v) is 6.02. The molecule has 1 fully saturated rings. The smallest absolute Gasteiger partial charge is 0.232 e. The number of nitrogens with zero attached hydrogens (tertiary/aromatic N) is 1. The van der Waals surface area contributed by atoms with Crippen LogP contribution in [0.2, 0.25) is 0 Å². The first-order valence-electron chi connectivity index (χ1n) is 7.36. The summed E-state index contributed by atoms with van der Waals surface area (Å²) >= 11 is 0. The molecule has 1 amide bonds. The first-order chi connectivity index (χ1) is 9.21. The summed E-state index contributed by atoms with van der Waals surface area (Å²) in [5, 5.41) is 3.42. The second-order valence-electron chi connectivity index (χ2n) is 6.02. The Hall–Kier alpha value is -1.51. The third kappa shape index (κ3) is 2.22. The van der Waals surface area contributed by atoms with Gasteiger partial charge < -0.3 is 10.2 Å². The van der Waals surface area contributed by atoms with Crippen molar-refractivity contribution in [3.8, 4) is 0 Å². The number of hydrogen-bond donors (Lipinski definition) is 1. The van der Waals surface area contributed by atoms with E-state index in [4.69, 9.17) is 0 Å². The summed E-state index contributed by atoms with van der Waals surface area (Å²) in [4.78, 5) is 15.0. The summed E-state index contributed by atoms with van der Waals surface area (Å²) in [5.41, 5.74) is 2.00. The molecule has 0 unspecified atom stereocenters. The first kappa shape index (κ1) is 12.5. The molecule has 1 heterocycles. The number of anilines is 2. The van der Waals surface area contributed by atoms with E-state index >= 15 is 0 Å². The highest BCUT2D eigenvalue weighted by Gasteiger charge is 2.40. The van der Waals surface area contributed by atoms with Crippen molar-refractivity contribution >= 4 is 17.3 Å². The molecule has 1 N–H and O–H groups in total. The SMILES string of the molecule is CC1(C(=O)N2CCCNc3ccccc32)CCCC1. The Balaban J connectivity index is 1.94. The highest BCUT2D eigenvalue weighted by molar-refractivity contribution is 6.00. The van der Waals surface area contributed by atoms with Crippen molar-refractivity contribution in [2.24, 2.45) is 5.41 Å². The highest BCUT2D eigenvalue weighted by Crippen LogP contribution is 2.41. The van der Waals surface area contributed by atoms with Crippen LogP contribution < -0.4 is 10.2 Å². The largest absolute Gasteiger partial charge is 0.383 e. The number of hydrogen-bond acceptors (Lipinski definition) is 2. The van der Waals surface area contributed by atoms with E-state index in [0.29, 0.717) is 5.91 Å². The molecule has 2 aliphatic rings. The monoisotopic (exact) mass is 258 g/mol. The number of nitrogens with one attached hydrogen (secondary N) is 1. The minimum atomic E-state index is -0.141. The zero-order chi connectivity index (χ0) is 13.3. The zero-order valence-corrected chi connectivity index (χ0v) is 11.6. The molecule has 3 rings (SSSR count). The van der Waals surface area contributed by atoms with Gasteiger partial charge in [-0.05, 0) is 31.4 Å². The maximum Gasteiger partial charge on any atom is 0.232 e. The molecule has 0 bridgehead atoms. The summed E-state index contributed by atoms with van der Waals surface area (Å²) in [6.45, 7) is 3.92. The number of fused-ring (bicyclic) bond motifs is 1. The third-order valence-electron chi connectivity index (χ3n) is 4.54. The van der Waals surface area contributed by atoms with Crippen LogP contribution in [0.25, 0.3) is 0 Å². The summed E-state index contributed by atoms with van der Waals surface area (Å²) < 4.78 is 0. The number of carbonyl (C=O) groups is 1. The van der Waals surface area contributed by atoms with Gasteiger partial charge in [-0.15, -0.1) is 0 Å². The lowest BCUT2D eigenvalue weighted by Gasteiger charge is -2.31. The molecule has 0 atom stereocenters. The molecule has 1 aliphatic heterocycles. The number of benzene rings is 1. The van der Waals surface area contributed by atoms with Gasteiger partial charge in [-0.25, -0.2) is 0 Å². The minimum Gasteiger partial charge on any atom is -0.383 e. The molecule has 102 valence electrons. The van der Waals surface area contributed by atoms with E-state index in [9.17, 15) is 4.79 Å². The highest BCUT2D eigenvalue weighted by atomic mass is 16.2. The van der Waals surface area contributed by atoms with Gasteiger partial charge >= 0.3 is 0 Å². The van der Waals surface area contributed by atoms with Crippen LogP contribution in [-0.4, -0.2) is 19.0 Å². The van der Waals surface area contributed by atoms with Crippen molar-refractivity contribution in [1.82, 2.24) is 0 Å². The second kappa shape index (κ2) is 4.87. The standard InChI is InChI=1S/C16H22N2O/c1-16(9-4-5-10-16)15(19)18-12-6-11-17-13-7-2-3-8-14(13)18/h2-3,7-8,17H,4-6,9-12H2,1H3. The summed E-state index contributed by atoms with van der Waals surface area (Å²) in [6.07, 6.45) is 5.47. The van der Waals surface area contributed by atoms with Crippen molar-refractivity contribution in [1.29, 1.82) is 0 Å². The third-order valence-corrected chi connectivity index (χ3v) is 4.54. The fraction of sp³-hybridized carbons (Fsp3) is 0.562. The zero-order valence-electron chi connectivity index (χ0n) is 11.6. The number of amides is 1. The van der Waals surface area contributed by atoms with E-state index in [1.807, 2.05) is 17.0 Å². The maximum absolute atomic E-state index is 12.9. The molecule has 0 saturated heterocycles. The van der Waals surface area contributed by atoms with Gasteiger partial charge in [0.1, 0.15) is 0 Å². The lowest BCUT2D eigenvalue weighted by atomic mass is 9.87. The summed E-state index contributed by atoms with van der Waals surface area (Å²) in [5.74, 6) is 0.321. The van der Waals surface area contributed by atoms with Crippen molar-refractivity contribution in [2.75, 3.05) is 23.3 Å². The van der Waals surface area contributed by atoms with E-state index in [2.05, 4.69) is 24.4 Å². The average molecular weight is 258 g/mol. The fourth-order valence-corrected chi connectivity index (χ4v) is 3.35. The lowest BCUT2D eigenvalue weighted by molar-refractivity contribution is -0.127. The van der Waals surface area contributed by atoms with Gasteiger partial charge in [0.2, 0.25) is 5.91 Å². The Labute approximate surface area is 115 Å². The molecular weight excluding hydrogens is 236 g/mol. The van der Waals surface area contributed by atoms with E-state index < -0.39 is 0 Å². The van der Waals surface area contributed by atoms with Crippen LogP contribution in [0, 0.1) is 5.41 Å². The van der Waals surface area contributed by atoms with Crippen LogP contribution >= 0.6 is 0 Å². The molecule has 1 saturated carbocycles. The average Bonchev–Trinajstić information content (AvgIpc) is 2.76. The minimum absolute atomic E-state index is 0.141. The Bertz CT molecular complexity index is 477. The van der Waals surface area contributed by atoms with E-state index in [1.54, 1.807) is 0 Å². The Morgan fingerprint density at radius 3 is 2.74 bits per heavy atom. The van der Waals surface area contributed by atoms with Crippen molar-refractivity contribution in [3.05, 3.63) is 24.3 Å². The lowest BCUT2D eigenvalue weighted by Crippen LogP contribution is -2.41. The van der Waals surface area contributed by atoms with Crippen LogP contribution in [0.4, 0.5) is 11.4 Å². The molecule has 1 aromatic carbocycles. The van der Waals surface area contributed by atoms with Crippen molar-refractivity contribution in [2.45, 2.75) is 39.0 Å². The van der Waals surface area contributed by atoms with Gasteiger partial charge in [-0.2, -0.15) is 0 Å². The van der Waals surface area contributed by atoms with Crippen LogP contribution in [0.3, 0.4) is 0 Å². The van der Waals surface area contributed by atoms with Crippen molar-refractivity contribution < 1.29 is 4.79 Å². The number of rotatable bonds is 1. The maximum atomic E-state index is 12.9. The first-order valence-corrected chi connectivity index (χ1v) is 7.36. The van der Waals surface area contributed by atoms with Gasteiger partial charge in [0.05, 0.1) is 11.4 Å². The van der Waals surface area contributed by atoms with Crippen LogP contribution in [-0.2, 0) is 4.79 Å². The molecule has 1 aromatic rings. The fourth-order valence-electron chi connectivity index (χ4n) is 3.35. The van der Waals surface area contributed by atoms with Gasteiger partial charge in [-0.1, -0.05) is 31.9 Å². The summed E-state index contributed by atoms with van der Waals surface area (Å²) in [7, 11) is 0.